The van der Waals surface area contributed by atoms with E-state index in [1.807, 2.05) is 41.9 Å². The van der Waals surface area contributed by atoms with Gasteiger partial charge in [-0.2, -0.15) is 0 Å². The molecule has 0 unspecified atom stereocenters. The number of ether oxygens (including phenoxy) is 1. The van der Waals surface area contributed by atoms with Gasteiger partial charge in [0.1, 0.15) is 11.5 Å². The molecule has 1 aliphatic heterocycles. The molecule has 21 heavy (non-hydrogen) atoms. The summed E-state index contributed by atoms with van der Waals surface area (Å²) < 4.78 is 5.99. The van der Waals surface area contributed by atoms with E-state index in [-0.39, 0.29) is 6.04 Å². The summed E-state index contributed by atoms with van der Waals surface area (Å²) in [5, 5.41) is 5.67. The van der Waals surface area contributed by atoms with Crippen molar-refractivity contribution in [1.82, 2.24) is 10.3 Å². The van der Waals surface area contributed by atoms with E-state index in [1.54, 1.807) is 11.3 Å². The first-order valence-corrected chi connectivity index (χ1v) is 7.82. The first-order chi connectivity index (χ1) is 10.4. The van der Waals surface area contributed by atoms with Crippen molar-refractivity contribution in [3.63, 3.8) is 0 Å². The minimum atomic E-state index is 0.132. The predicted octanol–water partition coefficient (Wildman–Crippen LogP) is 4.13. The maximum absolute atomic E-state index is 5.99. The first-order valence-electron chi connectivity index (χ1n) is 6.88. The van der Waals surface area contributed by atoms with Gasteiger partial charge in [-0.3, -0.25) is 0 Å². The van der Waals surface area contributed by atoms with Crippen LogP contribution in [0.2, 0.25) is 0 Å². The van der Waals surface area contributed by atoms with Crippen molar-refractivity contribution in [2.75, 3.05) is 0 Å². The Bertz CT molecular complexity index is 709. The van der Waals surface area contributed by atoms with Gasteiger partial charge in [-0.05, 0) is 12.1 Å². The molecule has 0 amide bonds. The van der Waals surface area contributed by atoms with Crippen LogP contribution >= 0.6 is 11.3 Å². The molecular weight excluding hydrogens is 280 g/mol. The number of nitrogens with one attached hydrogen (secondary N) is 1. The molecule has 0 atom stereocenters. The van der Waals surface area contributed by atoms with Crippen LogP contribution in [0.25, 0.3) is 0 Å². The molecule has 2 heterocycles. The van der Waals surface area contributed by atoms with E-state index in [1.165, 1.54) is 11.1 Å². The number of fused-ring (bicyclic) bond motifs is 2. The Labute approximate surface area is 127 Å². The lowest BCUT2D eigenvalue weighted by atomic mass is 9.94. The van der Waals surface area contributed by atoms with Gasteiger partial charge in [-0.1, -0.05) is 36.4 Å². The molecular formula is C17H14N2OS. The third kappa shape index (κ3) is 2.33. The van der Waals surface area contributed by atoms with Gasteiger partial charge in [0.15, 0.2) is 0 Å². The lowest BCUT2D eigenvalue weighted by Gasteiger charge is -2.28. The minimum Gasteiger partial charge on any atom is -0.457 e. The van der Waals surface area contributed by atoms with Gasteiger partial charge in [0, 0.05) is 23.1 Å². The highest BCUT2D eigenvalue weighted by Gasteiger charge is 2.26. The van der Waals surface area contributed by atoms with Crippen molar-refractivity contribution in [3.05, 3.63) is 76.2 Å². The van der Waals surface area contributed by atoms with Gasteiger partial charge in [0.2, 0.25) is 0 Å². The lowest BCUT2D eigenvalue weighted by molar-refractivity contribution is 0.427. The van der Waals surface area contributed by atoms with Crippen molar-refractivity contribution >= 4 is 11.3 Å². The molecule has 1 aromatic heterocycles. The molecule has 4 rings (SSSR count). The lowest BCUT2D eigenvalue weighted by Crippen LogP contribution is -2.25. The highest BCUT2D eigenvalue weighted by Crippen LogP contribution is 2.42. The fourth-order valence-electron chi connectivity index (χ4n) is 2.66. The maximum Gasteiger partial charge on any atom is 0.132 e. The number of benzene rings is 2. The summed E-state index contributed by atoms with van der Waals surface area (Å²) >= 11 is 1.62. The minimum absolute atomic E-state index is 0.132. The molecule has 0 saturated heterocycles. The van der Waals surface area contributed by atoms with Crippen LogP contribution in [0.5, 0.6) is 11.5 Å². The molecule has 0 radical (unpaired) electrons. The summed E-state index contributed by atoms with van der Waals surface area (Å²) in [6.07, 6.45) is 0. The Morgan fingerprint density at radius 1 is 1.00 bits per heavy atom. The molecule has 0 spiro atoms. The van der Waals surface area contributed by atoms with Crippen LogP contribution in [0, 0.1) is 0 Å². The second-order valence-corrected chi connectivity index (χ2v) is 5.69. The number of thiazole rings is 1. The van der Waals surface area contributed by atoms with Crippen LogP contribution in [0.15, 0.2) is 59.4 Å². The van der Waals surface area contributed by atoms with Gasteiger partial charge in [-0.25, -0.2) is 4.98 Å². The molecule has 104 valence electrons. The average molecular weight is 294 g/mol. The van der Waals surface area contributed by atoms with Crippen molar-refractivity contribution in [3.8, 4) is 11.5 Å². The van der Waals surface area contributed by atoms with E-state index in [4.69, 9.17) is 4.74 Å². The van der Waals surface area contributed by atoms with Crippen LogP contribution in [-0.2, 0) is 6.54 Å². The van der Waals surface area contributed by atoms with Gasteiger partial charge < -0.3 is 10.1 Å². The molecule has 1 N–H and O–H groups in total. The van der Waals surface area contributed by atoms with E-state index in [2.05, 4.69) is 27.8 Å². The second kappa shape index (κ2) is 5.31. The highest BCUT2D eigenvalue weighted by molar-refractivity contribution is 7.07. The van der Waals surface area contributed by atoms with Crippen molar-refractivity contribution in [2.24, 2.45) is 0 Å². The summed E-state index contributed by atoms with van der Waals surface area (Å²) in [6, 6.07) is 16.5. The quantitative estimate of drug-likeness (QED) is 0.788. The van der Waals surface area contributed by atoms with Crippen molar-refractivity contribution in [1.29, 1.82) is 0 Å². The Morgan fingerprint density at radius 2 is 1.67 bits per heavy atom. The van der Waals surface area contributed by atoms with E-state index in [9.17, 15) is 0 Å². The van der Waals surface area contributed by atoms with Crippen LogP contribution in [0.3, 0.4) is 0 Å². The van der Waals surface area contributed by atoms with Gasteiger partial charge in [0.05, 0.1) is 17.2 Å². The van der Waals surface area contributed by atoms with Crippen LogP contribution in [0.4, 0.5) is 0 Å². The molecule has 2 aromatic carbocycles. The summed E-state index contributed by atoms with van der Waals surface area (Å²) in [5.74, 6) is 1.85. The highest BCUT2D eigenvalue weighted by atomic mass is 32.1. The molecule has 0 aliphatic carbocycles. The smallest absolute Gasteiger partial charge is 0.132 e. The third-order valence-electron chi connectivity index (χ3n) is 3.65. The van der Waals surface area contributed by atoms with E-state index in [0.29, 0.717) is 0 Å². The molecule has 1 aliphatic rings. The summed E-state index contributed by atoms with van der Waals surface area (Å²) in [7, 11) is 0. The number of hydrogen-bond acceptors (Lipinski definition) is 4. The Hall–Kier alpha value is -2.17. The standard InChI is InChI=1S/C17H14N2OS/c1-3-7-15-13(5-1)17(18-9-12-10-21-11-19-12)14-6-2-4-8-16(14)20-15/h1-8,10-11,17-18H,9H2. The number of nitrogens with zero attached hydrogens (tertiary/aromatic N) is 1. The second-order valence-electron chi connectivity index (χ2n) is 4.97. The molecule has 0 saturated carbocycles. The molecule has 4 heteroatoms. The topological polar surface area (TPSA) is 34.1 Å². The summed E-state index contributed by atoms with van der Waals surface area (Å²) in [5.41, 5.74) is 5.28. The zero-order valence-corrected chi connectivity index (χ0v) is 12.1. The number of rotatable bonds is 3. The third-order valence-corrected chi connectivity index (χ3v) is 4.29. The average Bonchev–Trinajstić information content (AvgIpc) is 3.05. The van der Waals surface area contributed by atoms with Gasteiger partial charge in [-0.15, -0.1) is 11.3 Å². The molecule has 3 nitrogen and oxygen atoms in total. The Kier molecular flexibility index (Phi) is 3.18. The predicted molar refractivity (Wildman–Crippen MR) is 83.8 cm³/mol. The van der Waals surface area contributed by atoms with Crippen molar-refractivity contribution < 1.29 is 4.74 Å². The monoisotopic (exact) mass is 294 g/mol. The van der Waals surface area contributed by atoms with Gasteiger partial charge >= 0.3 is 0 Å². The van der Waals surface area contributed by atoms with Gasteiger partial charge in [0.25, 0.3) is 0 Å². The van der Waals surface area contributed by atoms with Crippen LogP contribution in [-0.4, -0.2) is 4.98 Å². The first kappa shape index (κ1) is 12.6. The Balaban J connectivity index is 1.71. The zero-order valence-electron chi connectivity index (χ0n) is 11.3. The number of para-hydroxylation sites is 2. The summed E-state index contributed by atoms with van der Waals surface area (Å²) in [6.45, 7) is 0.747. The van der Waals surface area contributed by atoms with E-state index >= 15 is 0 Å². The van der Waals surface area contributed by atoms with E-state index in [0.717, 1.165) is 23.7 Å². The zero-order chi connectivity index (χ0) is 14.1. The number of aromatic nitrogens is 1. The van der Waals surface area contributed by atoms with Crippen LogP contribution in [0.1, 0.15) is 22.9 Å². The number of hydrogen-bond donors (Lipinski definition) is 1. The van der Waals surface area contributed by atoms with E-state index < -0.39 is 0 Å². The van der Waals surface area contributed by atoms with Crippen LogP contribution < -0.4 is 10.1 Å². The Morgan fingerprint density at radius 3 is 2.29 bits per heavy atom. The fourth-order valence-corrected chi connectivity index (χ4v) is 3.22. The molecule has 3 aromatic rings. The maximum atomic E-state index is 5.99. The molecule has 0 bridgehead atoms. The fraction of sp³-hybridized carbons (Fsp3) is 0.118. The normalized spacial score (nSPS) is 13.3. The molecule has 0 fully saturated rings. The SMILES string of the molecule is c1ccc2c(c1)Oc1ccccc1C2NCc1cscn1. The van der Waals surface area contributed by atoms with Crippen molar-refractivity contribution in [2.45, 2.75) is 12.6 Å². The summed E-state index contributed by atoms with van der Waals surface area (Å²) in [4.78, 5) is 4.34. The largest absolute Gasteiger partial charge is 0.457 e.